The fourth-order valence-electron chi connectivity index (χ4n) is 4.33. The topological polar surface area (TPSA) is 70.2 Å². The van der Waals surface area contributed by atoms with Crippen molar-refractivity contribution in [3.8, 4) is 0 Å². The van der Waals surface area contributed by atoms with E-state index in [1.54, 1.807) is 24.3 Å². The third kappa shape index (κ3) is 6.14. The van der Waals surface area contributed by atoms with Crippen LogP contribution in [-0.4, -0.2) is 58.4 Å². The monoisotopic (exact) mass is 563 g/mol. The summed E-state index contributed by atoms with van der Waals surface area (Å²) >= 11 is 6.00. The van der Waals surface area contributed by atoms with Crippen LogP contribution in [0.15, 0.2) is 42.5 Å². The smallest absolute Gasteiger partial charge is 0.416 e. The van der Waals surface area contributed by atoms with E-state index in [2.05, 4.69) is 0 Å². The van der Waals surface area contributed by atoms with Crippen LogP contribution in [0, 0.1) is 0 Å². The molecule has 4 rings (SSSR count). The lowest BCUT2D eigenvalue weighted by Crippen LogP contribution is -2.67. The van der Waals surface area contributed by atoms with Gasteiger partial charge >= 0.3 is 18.4 Å². The van der Waals surface area contributed by atoms with Gasteiger partial charge in [0.1, 0.15) is 19.3 Å². The number of rotatable bonds is 4. The van der Waals surface area contributed by atoms with Crippen LogP contribution in [0.3, 0.4) is 0 Å². The van der Waals surface area contributed by atoms with E-state index in [1.807, 2.05) is 0 Å². The molecule has 2 aromatic carbocycles. The third-order valence-electron chi connectivity index (χ3n) is 6.16. The number of alkyl halides is 6. The normalized spacial score (nSPS) is 18.5. The Balaban J connectivity index is 1.50. The van der Waals surface area contributed by atoms with Gasteiger partial charge in [0.05, 0.1) is 17.7 Å². The van der Waals surface area contributed by atoms with Gasteiger partial charge in [0.15, 0.2) is 0 Å². The molecule has 2 heterocycles. The van der Waals surface area contributed by atoms with Gasteiger partial charge in [-0.05, 0) is 41.5 Å². The molecular weight excluding hydrogens is 544 g/mol. The highest BCUT2D eigenvalue weighted by atomic mass is 35.5. The van der Waals surface area contributed by atoms with E-state index in [1.165, 1.54) is 9.80 Å². The van der Waals surface area contributed by atoms with Crippen molar-refractivity contribution in [1.29, 1.82) is 0 Å². The predicted molar refractivity (Wildman–Crippen MR) is 120 cm³/mol. The zero-order valence-corrected chi connectivity index (χ0v) is 20.2. The lowest BCUT2D eigenvalue weighted by Gasteiger charge is -2.48. The molecule has 2 aliphatic rings. The Morgan fingerprint density at radius 3 is 2.21 bits per heavy atom. The van der Waals surface area contributed by atoms with Crippen molar-refractivity contribution in [3.63, 3.8) is 0 Å². The molecule has 3 amide bonds. The number of carbonyl (C=O) groups is 3. The Hall–Kier alpha value is -3.48. The highest BCUT2D eigenvalue weighted by molar-refractivity contribution is 6.30. The second-order valence-electron chi connectivity index (χ2n) is 8.82. The molecule has 2 fully saturated rings. The molecule has 2 saturated heterocycles. The minimum Gasteiger partial charge on any atom is -0.444 e. The van der Waals surface area contributed by atoms with Gasteiger partial charge < -0.3 is 14.5 Å². The van der Waals surface area contributed by atoms with Gasteiger partial charge in [-0.1, -0.05) is 23.7 Å². The molecule has 38 heavy (non-hydrogen) atoms. The minimum absolute atomic E-state index is 0.0208. The van der Waals surface area contributed by atoms with Crippen LogP contribution in [0.2, 0.25) is 5.02 Å². The molecule has 0 unspecified atom stereocenters. The quantitative estimate of drug-likeness (QED) is 0.496. The van der Waals surface area contributed by atoms with Gasteiger partial charge in [-0.3, -0.25) is 14.5 Å². The molecule has 0 aromatic heterocycles. The number of halogens is 7. The predicted octanol–water partition coefficient (Wildman–Crippen LogP) is 4.92. The van der Waals surface area contributed by atoms with E-state index in [0.717, 1.165) is 4.90 Å². The summed E-state index contributed by atoms with van der Waals surface area (Å²) in [6.07, 6.45) is -12.2. The Morgan fingerprint density at radius 2 is 1.61 bits per heavy atom. The summed E-state index contributed by atoms with van der Waals surface area (Å²) in [6.45, 7) is -1.21. The van der Waals surface area contributed by atoms with Crippen molar-refractivity contribution in [1.82, 2.24) is 14.7 Å². The molecule has 0 spiro atoms. The van der Waals surface area contributed by atoms with Crippen molar-refractivity contribution < 1.29 is 45.5 Å². The summed E-state index contributed by atoms with van der Waals surface area (Å²) in [5.74, 6) is -0.740. The van der Waals surface area contributed by atoms with Crippen LogP contribution >= 0.6 is 11.6 Å². The summed E-state index contributed by atoms with van der Waals surface area (Å²) in [5.41, 5.74) is -2.86. The summed E-state index contributed by atoms with van der Waals surface area (Å²) in [5, 5.41) is 0.454. The second kappa shape index (κ2) is 10.4. The lowest BCUT2D eigenvalue weighted by molar-refractivity contribution is -0.160. The summed E-state index contributed by atoms with van der Waals surface area (Å²) < 4.78 is 83.9. The molecule has 7 nitrogen and oxygen atoms in total. The summed E-state index contributed by atoms with van der Waals surface area (Å²) in [4.78, 5) is 41.8. The first-order valence-corrected chi connectivity index (χ1v) is 11.6. The molecule has 204 valence electrons. The van der Waals surface area contributed by atoms with E-state index in [-0.39, 0.29) is 50.5 Å². The first-order chi connectivity index (χ1) is 17.7. The standard InChI is InChI=1S/C24H20ClF6N3O4/c25-18-3-1-2-14(8-18)10-32-11-19-33(5-4-20(35)34(19)12-21(32)36)22(37)38-13-15-6-16(23(26,27)28)9-17(7-15)24(29,30)31/h1-3,6-9,19H,4-5,10-13H2/t19-/m1/s1. The lowest BCUT2D eigenvalue weighted by atomic mass is 10.1. The number of hydrogen-bond donors (Lipinski definition) is 0. The Bertz CT molecular complexity index is 1220. The molecule has 0 saturated carbocycles. The van der Waals surface area contributed by atoms with Gasteiger partial charge in [-0.15, -0.1) is 0 Å². The van der Waals surface area contributed by atoms with Crippen molar-refractivity contribution in [2.24, 2.45) is 0 Å². The number of carbonyl (C=O) groups excluding carboxylic acids is 3. The SMILES string of the molecule is O=C1CN2C(=O)CCN(C(=O)OCc3cc(C(F)(F)F)cc(C(F)(F)F)c3)[C@H]2CN1Cc1cccc(Cl)c1. The molecule has 0 bridgehead atoms. The number of piperazine rings is 1. The molecule has 0 radical (unpaired) electrons. The average molecular weight is 564 g/mol. The Kier molecular flexibility index (Phi) is 7.51. The van der Waals surface area contributed by atoms with Gasteiger partial charge in [-0.2, -0.15) is 26.3 Å². The maximum atomic E-state index is 13.1. The molecule has 2 aliphatic heterocycles. The van der Waals surface area contributed by atoms with E-state index >= 15 is 0 Å². The van der Waals surface area contributed by atoms with E-state index < -0.39 is 47.9 Å². The first-order valence-electron chi connectivity index (χ1n) is 11.3. The van der Waals surface area contributed by atoms with Gasteiger partial charge in [0, 0.05) is 24.5 Å². The summed E-state index contributed by atoms with van der Waals surface area (Å²) in [6, 6.07) is 7.68. The molecule has 0 N–H and O–H groups in total. The van der Waals surface area contributed by atoms with E-state index in [9.17, 15) is 40.7 Å². The fraction of sp³-hybridized carbons (Fsp3) is 0.375. The van der Waals surface area contributed by atoms with Gasteiger partial charge in [-0.25, -0.2) is 4.79 Å². The van der Waals surface area contributed by atoms with Gasteiger partial charge in [0.25, 0.3) is 0 Å². The zero-order chi connectivity index (χ0) is 27.8. The van der Waals surface area contributed by atoms with Crippen LogP contribution in [-0.2, 0) is 39.8 Å². The van der Waals surface area contributed by atoms with Crippen LogP contribution in [0.1, 0.15) is 28.7 Å². The third-order valence-corrected chi connectivity index (χ3v) is 6.39. The molecule has 14 heteroatoms. The molecular formula is C24H20ClF6N3O4. The highest BCUT2D eigenvalue weighted by Gasteiger charge is 2.44. The van der Waals surface area contributed by atoms with E-state index in [4.69, 9.17) is 16.3 Å². The zero-order valence-electron chi connectivity index (χ0n) is 19.5. The maximum absolute atomic E-state index is 13.1. The molecule has 1 atom stereocenters. The van der Waals surface area contributed by atoms with Crippen LogP contribution in [0.25, 0.3) is 0 Å². The van der Waals surface area contributed by atoms with Crippen LogP contribution in [0.5, 0.6) is 0 Å². The molecule has 2 aromatic rings. The van der Waals surface area contributed by atoms with Crippen molar-refractivity contribution in [3.05, 3.63) is 69.7 Å². The summed E-state index contributed by atoms with van der Waals surface area (Å²) in [7, 11) is 0. The number of nitrogens with zero attached hydrogens (tertiary/aromatic N) is 3. The van der Waals surface area contributed by atoms with Crippen LogP contribution in [0.4, 0.5) is 31.1 Å². The average Bonchev–Trinajstić information content (AvgIpc) is 2.82. The van der Waals surface area contributed by atoms with Crippen molar-refractivity contribution in [2.75, 3.05) is 19.6 Å². The number of amides is 3. The first kappa shape index (κ1) is 27.6. The van der Waals surface area contributed by atoms with E-state index in [0.29, 0.717) is 22.7 Å². The Labute approximate surface area is 217 Å². The largest absolute Gasteiger partial charge is 0.444 e. The Morgan fingerprint density at radius 1 is 0.947 bits per heavy atom. The molecule has 0 aliphatic carbocycles. The minimum atomic E-state index is -5.05. The number of ether oxygens (including phenoxy) is 1. The van der Waals surface area contributed by atoms with Crippen molar-refractivity contribution in [2.45, 2.75) is 38.1 Å². The van der Waals surface area contributed by atoms with Gasteiger partial charge in [0.2, 0.25) is 11.8 Å². The maximum Gasteiger partial charge on any atom is 0.416 e. The highest BCUT2D eigenvalue weighted by Crippen LogP contribution is 2.36. The van der Waals surface area contributed by atoms with Crippen molar-refractivity contribution >= 4 is 29.5 Å². The number of benzene rings is 2. The van der Waals surface area contributed by atoms with Crippen LogP contribution < -0.4 is 0 Å². The number of fused-ring (bicyclic) bond motifs is 1. The second-order valence-corrected chi connectivity index (χ2v) is 9.25. The number of hydrogen-bond acceptors (Lipinski definition) is 4. The fourth-order valence-corrected chi connectivity index (χ4v) is 4.54.